The van der Waals surface area contributed by atoms with Crippen LogP contribution in [0, 0.1) is 0 Å². The Balaban J connectivity index is 1.82. The van der Waals surface area contributed by atoms with Gasteiger partial charge in [0.15, 0.2) is 0 Å². The molecule has 0 aliphatic carbocycles. The van der Waals surface area contributed by atoms with E-state index in [2.05, 4.69) is 48.6 Å². The molecule has 0 aliphatic rings. The maximum Gasteiger partial charge on any atom is 0.0724 e. The van der Waals surface area contributed by atoms with Crippen LogP contribution < -0.4 is 5.32 Å². The summed E-state index contributed by atoms with van der Waals surface area (Å²) in [6.45, 7) is 5.66. The van der Waals surface area contributed by atoms with Crippen LogP contribution in [0.25, 0.3) is 0 Å². The van der Waals surface area contributed by atoms with Gasteiger partial charge in [0.1, 0.15) is 0 Å². The van der Waals surface area contributed by atoms with Crippen LogP contribution in [0.1, 0.15) is 30.0 Å². The molecule has 2 heteroatoms. The number of rotatable bonds is 9. The molecular weight excluding hydrogens is 258 g/mol. The highest BCUT2D eigenvalue weighted by Gasteiger charge is 2.02. The molecule has 0 atom stereocenters. The minimum atomic E-state index is 0.670. The maximum atomic E-state index is 5.85. The third-order valence-electron chi connectivity index (χ3n) is 3.49. The van der Waals surface area contributed by atoms with Gasteiger partial charge in [-0.1, -0.05) is 61.5 Å². The second-order valence-corrected chi connectivity index (χ2v) is 5.25. The number of hydrogen-bond donors (Lipinski definition) is 1. The monoisotopic (exact) mass is 283 g/mol. The van der Waals surface area contributed by atoms with Gasteiger partial charge in [-0.15, -0.1) is 0 Å². The highest BCUT2D eigenvalue weighted by Crippen LogP contribution is 2.12. The fourth-order valence-corrected chi connectivity index (χ4v) is 2.32. The van der Waals surface area contributed by atoms with Crippen molar-refractivity contribution in [2.24, 2.45) is 0 Å². The van der Waals surface area contributed by atoms with Crippen LogP contribution in [0.15, 0.2) is 54.6 Å². The molecule has 0 saturated carbocycles. The van der Waals surface area contributed by atoms with Crippen molar-refractivity contribution in [2.75, 3.05) is 13.1 Å². The summed E-state index contributed by atoms with van der Waals surface area (Å²) in [6.07, 6.45) is 2.24. The zero-order chi connectivity index (χ0) is 14.8. The third kappa shape index (κ3) is 5.70. The van der Waals surface area contributed by atoms with Crippen LogP contribution in [-0.2, 0) is 24.4 Å². The van der Waals surface area contributed by atoms with Crippen LogP contribution in [0.5, 0.6) is 0 Å². The zero-order valence-electron chi connectivity index (χ0n) is 12.8. The molecule has 0 heterocycles. The SMILES string of the molecule is CCCNCCc1ccccc1COCc1ccccc1. The summed E-state index contributed by atoms with van der Waals surface area (Å²) in [4.78, 5) is 0. The summed E-state index contributed by atoms with van der Waals surface area (Å²) in [7, 11) is 0. The summed E-state index contributed by atoms with van der Waals surface area (Å²) in [6, 6.07) is 18.9. The van der Waals surface area contributed by atoms with Crippen LogP contribution in [0.2, 0.25) is 0 Å². The van der Waals surface area contributed by atoms with Gasteiger partial charge in [0, 0.05) is 0 Å². The Morgan fingerprint density at radius 1 is 0.810 bits per heavy atom. The molecule has 0 radical (unpaired) electrons. The van der Waals surface area contributed by atoms with Gasteiger partial charge >= 0.3 is 0 Å². The lowest BCUT2D eigenvalue weighted by atomic mass is 10.1. The second kappa shape index (κ2) is 9.32. The number of hydrogen-bond acceptors (Lipinski definition) is 2. The summed E-state index contributed by atoms with van der Waals surface area (Å²) in [5, 5.41) is 3.45. The van der Waals surface area contributed by atoms with Crippen molar-refractivity contribution >= 4 is 0 Å². The Bertz CT molecular complexity index is 510. The van der Waals surface area contributed by atoms with Crippen molar-refractivity contribution in [3.8, 4) is 0 Å². The van der Waals surface area contributed by atoms with Gasteiger partial charge in [-0.3, -0.25) is 0 Å². The smallest absolute Gasteiger partial charge is 0.0724 e. The van der Waals surface area contributed by atoms with Crippen molar-refractivity contribution in [3.63, 3.8) is 0 Å². The van der Waals surface area contributed by atoms with Crippen LogP contribution >= 0.6 is 0 Å². The van der Waals surface area contributed by atoms with Crippen molar-refractivity contribution in [3.05, 3.63) is 71.3 Å². The fourth-order valence-electron chi connectivity index (χ4n) is 2.32. The summed E-state index contributed by atoms with van der Waals surface area (Å²) in [5.74, 6) is 0. The van der Waals surface area contributed by atoms with E-state index in [4.69, 9.17) is 4.74 Å². The molecule has 2 rings (SSSR count). The molecule has 0 bridgehead atoms. The van der Waals surface area contributed by atoms with Crippen LogP contribution in [0.4, 0.5) is 0 Å². The van der Waals surface area contributed by atoms with Crippen LogP contribution in [0.3, 0.4) is 0 Å². The highest BCUT2D eigenvalue weighted by atomic mass is 16.5. The lowest BCUT2D eigenvalue weighted by Gasteiger charge is -2.11. The molecule has 0 spiro atoms. The largest absolute Gasteiger partial charge is 0.372 e. The van der Waals surface area contributed by atoms with Crippen molar-refractivity contribution in [1.29, 1.82) is 0 Å². The van der Waals surface area contributed by atoms with Crippen molar-refractivity contribution < 1.29 is 4.74 Å². The third-order valence-corrected chi connectivity index (χ3v) is 3.49. The molecular formula is C19H25NO. The highest BCUT2D eigenvalue weighted by molar-refractivity contribution is 5.26. The number of nitrogens with one attached hydrogen (secondary N) is 1. The van der Waals surface area contributed by atoms with E-state index in [1.54, 1.807) is 0 Å². The van der Waals surface area contributed by atoms with Gasteiger partial charge in [0.25, 0.3) is 0 Å². The minimum Gasteiger partial charge on any atom is -0.372 e. The molecule has 21 heavy (non-hydrogen) atoms. The van der Waals surface area contributed by atoms with Gasteiger partial charge in [-0.25, -0.2) is 0 Å². The summed E-state index contributed by atoms with van der Waals surface area (Å²) in [5.41, 5.74) is 3.90. The normalized spacial score (nSPS) is 10.7. The molecule has 112 valence electrons. The molecule has 0 amide bonds. The Labute approximate surface area is 128 Å². The molecule has 0 aliphatic heterocycles. The van der Waals surface area contributed by atoms with E-state index in [0.717, 1.165) is 19.5 Å². The first kappa shape index (κ1) is 15.7. The average Bonchev–Trinajstić information content (AvgIpc) is 2.54. The maximum absolute atomic E-state index is 5.85. The van der Waals surface area contributed by atoms with Crippen molar-refractivity contribution in [2.45, 2.75) is 33.0 Å². The first-order chi connectivity index (χ1) is 10.4. The zero-order valence-corrected chi connectivity index (χ0v) is 12.8. The van der Waals surface area contributed by atoms with Gasteiger partial charge in [-0.2, -0.15) is 0 Å². The van der Waals surface area contributed by atoms with Crippen LogP contribution in [-0.4, -0.2) is 13.1 Å². The molecule has 0 fully saturated rings. The molecule has 0 aromatic heterocycles. The van der Waals surface area contributed by atoms with E-state index in [9.17, 15) is 0 Å². The molecule has 2 nitrogen and oxygen atoms in total. The van der Waals surface area contributed by atoms with E-state index in [0.29, 0.717) is 13.2 Å². The predicted molar refractivity (Wildman–Crippen MR) is 88.2 cm³/mol. The topological polar surface area (TPSA) is 21.3 Å². The molecule has 2 aromatic rings. The predicted octanol–water partition coefficient (Wildman–Crippen LogP) is 3.95. The average molecular weight is 283 g/mol. The molecule has 0 unspecified atom stereocenters. The summed E-state index contributed by atoms with van der Waals surface area (Å²) >= 11 is 0. The fraction of sp³-hybridized carbons (Fsp3) is 0.368. The van der Waals surface area contributed by atoms with E-state index in [1.807, 2.05) is 18.2 Å². The first-order valence-electron chi connectivity index (χ1n) is 7.79. The lowest BCUT2D eigenvalue weighted by molar-refractivity contribution is 0.106. The first-order valence-corrected chi connectivity index (χ1v) is 7.79. The van der Waals surface area contributed by atoms with E-state index in [-0.39, 0.29) is 0 Å². The van der Waals surface area contributed by atoms with Gasteiger partial charge in [-0.05, 0) is 42.6 Å². The molecule has 2 aromatic carbocycles. The molecule has 0 saturated heterocycles. The van der Waals surface area contributed by atoms with E-state index >= 15 is 0 Å². The molecule has 1 N–H and O–H groups in total. The minimum absolute atomic E-state index is 0.670. The Kier molecular flexibility index (Phi) is 6.99. The Morgan fingerprint density at radius 2 is 1.52 bits per heavy atom. The van der Waals surface area contributed by atoms with Gasteiger partial charge in [0.2, 0.25) is 0 Å². The van der Waals surface area contributed by atoms with Gasteiger partial charge < -0.3 is 10.1 Å². The Morgan fingerprint density at radius 3 is 2.29 bits per heavy atom. The second-order valence-electron chi connectivity index (χ2n) is 5.25. The van der Waals surface area contributed by atoms with E-state index < -0.39 is 0 Å². The van der Waals surface area contributed by atoms with Gasteiger partial charge in [0.05, 0.1) is 13.2 Å². The van der Waals surface area contributed by atoms with Crippen molar-refractivity contribution in [1.82, 2.24) is 5.32 Å². The summed E-state index contributed by atoms with van der Waals surface area (Å²) < 4.78 is 5.85. The standard InChI is InChI=1S/C19H25NO/c1-2-13-20-14-12-18-10-6-7-11-19(18)16-21-15-17-8-4-3-5-9-17/h3-11,20H,2,12-16H2,1H3. The van der Waals surface area contributed by atoms with E-state index in [1.165, 1.54) is 23.1 Å². The Hall–Kier alpha value is -1.64. The number of ether oxygens (including phenoxy) is 1. The lowest BCUT2D eigenvalue weighted by Crippen LogP contribution is -2.18. The number of benzene rings is 2. The quantitative estimate of drug-likeness (QED) is 0.704.